The number of benzene rings is 3. The minimum Gasteiger partial charge on any atom is -0.406 e. The zero-order valence-corrected chi connectivity index (χ0v) is 21.1. The lowest BCUT2D eigenvalue weighted by molar-refractivity contribution is -0.274. The highest BCUT2D eigenvalue weighted by molar-refractivity contribution is 5.75. The van der Waals surface area contributed by atoms with Crippen molar-refractivity contribution in [3.8, 4) is 17.9 Å². The molecule has 37 heavy (non-hydrogen) atoms. The monoisotopic (exact) mass is 510 g/mol. The molecule has 9 heteroatoms. The van der Waals surface area contributed by atoms with E-state index in [4.69, 9.17) is 10.5 Å². The number of carbonyl (C=O) groups is 1. The summed E-state index contributed by atoms with van der Waals surface area (Å²) in [5.41, 5.74) is 2.91. The molecule has 0 radical (unpaired) electrons. The van der Waals surface area contributed by atoms with E-state index >= 15 is 0 Å². The number of alkyl halides is 3. The van der Waals surface area contributed by atoms with Crippen LogP contribution in [0.4, 0.5) is 24.5 Å². The fraction of sp³-hybridized carbons (Fsp3) is 0.250. The van der Waals surface area contributed by atoms with Crippen LogP contribution >= 0.6 is 0 Å². The van der Waals surface area contributed by atoms with Gasteiger partial charge < -0.3 is 14.5 Å². The summed E-state index contributed by atoms with van der Waals surface area (Å²) < 4.78 is 38.2. The molecule has 3 aromatic carbocycles. The second kappa shape index (κ2) is 15.5. The smallest absolute Gasteiger partial charge is 0.406 e. The molecule has 0 heterocycles. The van der Waals surface area contributed by atoms with Crippen LogP contribution in [0.2, 0.25) is 0 Å². The lowest BCUT2D eigenvalue weighted by Gasteiger charge is -2.30. The van der Waals surface area contributed by atoms with Gasteiger partial charge in [-0.1, -0.05) is 32.0 Å². The molecule has 1 atom stereocenters. The van der Waals surface area contributed by atoms with E-state index < -0.39 is 6.36 Å². The Hall–Kier alpha value is -4.50. The molecule has 0 aliphatic carbocycles. The SMILES string of the molecule is CC.CC(CN(C=O)c1ccc(C#N)cc1)N(C)c1ccc(C#N)cc1.FC(F)(F)Oc1ccccc1. The van der Waals surface area contributed by atoms with Crippen LogP contribution in [-0.4, -0.2) is 32.4 Å². The van der Waals surface area contributed by atoms with Crippen LogP contribution in [0.15, 0.2) is 78.9 Å². The van der Waals surface area contributed by atoms with Gasteiger partial charge in [-0.3, -0.25) is 4.79 Å². The third-order valence-electron chi connectivity index (χ3n) is 4.96. The van der Waals surface area contributed by atoms with Crippen LogP contribution in [-0.2, 0) is 4.79 Å². The summed E-state index contributed by atoms with van der Waals surface area (Å²) in [7, 11) is 1.95. The Kier molecular flexibility index (Phi) is 12.8. The van der Waals surface area contributed by atoms with E-state index in [-0.39, 0.29) is 11.8 Å². The summed E-state index contributed by atoms with van der Waals surface area (Å²) in [6.07, 6.45) is -3.80. The normalized spacial score (nSPS) is 10.6. The quantitative estimate of drug-likeness (QED) is 0.338. The van der Waals surface area contributed by atoms with E-state index in [2.05, 4.69) is 21.8 Å². The number of amides is 1. The van der Waals surface area contributed by atoms with Gasteiger partial charge in [0.15, 0.2) is 0 Å². The van der Waals surface area contributed by atoms with Gasteiger partial charge in [-0.05, 0) is 67.6 Å². The second-order valence-corrected chi connectivity index (χ2v) is 7.40. The number of hydrogen-bond acceptors (Lipinski definition) is 5. The largest absolute Gasteiger partial charge is 0.573 e. The molecule has 1 unspecified atom stereocenters. The van der Waals surface area contributed by atoms with Crippen LogP contribution in [0.1, 0.15) is 31.9 Å². The van der Waals surface area contributed by atoms with Gasteiger partial charge in [0.2, 0.25) is 6.41 Å². The first-order valence-corrected chi connectivity index (χ1v) is 11.4. The Balaban J connectivity index is 0.000000439. The van der Waals surface area contributed by atoms with Gasteiger partial charge in [0.05, 0.1) is 23.3 Å². The number of carbonyl (C=O) groups excluding carboxylic acids is 1. The van der Waals surface area contributed by atoms with Gasteiger partial charge >= 0.3 is 6.36 Å². The number of nitrogens with zero attached hydrogens (tertiary/aromatic N) is 4. The van der Waals surface area contributed by atoms with Crippen molar-refractivity contribution in [3.05, 3.63) is 90.0 Å². The molecule has 0 fully saturated rings. The van der Waals surface area contributed by atoms with Crippen LogP contribution in [0.3, 0.4) is 0 Å². The van der Waals surface area contributed by atoms with Crippen LogP contribution in [0.25, 0.3) is 0 Å². The number of para-hydroxylation sites is 1. The van der Waals surface area contributed by atoms with E-state index in [9.17, 15) is 18.0 Å². The number of ether oxygens (including phenoxy) is 1. The summed E-state index contributed by atoms with van der Waals surface area (Å²) >= 11 is 0. The molecule has 0 N–H and O–H groups in total. The summed E-state index contributed by atoms with van der Waals surface area (Å²) in [6.45, 7) is 6.53. The summed E-state index contributed by atoms with van der Waals surface area (Å²) in [5.74, 6) is -0.194. The number of anilines is 2. The molecule has 194 valence electrons. The molecule has 0 bridgehead atoms. The van der Waals surface area contributed by atoms with Crippen molar-refractivity contribution in [2.75, 3.05) is 23.4 Å². The Morgan fingerprint density at radius 1 is 0.865 bits per heavy atom. The standard InChI is InChI=1S/C19H18N4O.C7H5F3O.C2H6/c1-15(22(2)18-7-3-16(11-20)4-8-18)13-23(14-24)19-9-5-17(12-21)6-10-19;8-7(9,10)11-6-4-2-1-3-5-6;1-2/h3-10,14-15H,13H2,1-2H3;1-5H;1-2H3. The Labute approximate surface area is 215 Å². The van der Waals surface area contributed by atoms with Crippen LogP contribution < -0.4 is 14.5 Å². The van der Waals surface area contributed by atoms with Crippen molar-refractivity contribution in [1.82, 2.24) is 0 Å². The summed E-state index contributed by atoms with van der Waals surface area (Å²) in [6, 6.07) is 25.5. The van der Waals surface area contributed by atoms with Gasteiger partial charge in [-0.25, -0.2) is 0 Å². The maximum absolute atomic E-state index is 11.5. The van der Waals surface area contributed by atoms with Gasteiger partial charge in [-0.2, -0.15) is 10.5 Å². The van der Waals surface area contributed by atoms with E-state index in [0.29, 0.717) is 17.7 Å². The molecule has 0 spiro atoms. The molecule has 3 aromatic rings. The van der Waals surface area contributed by atoms with Crippen molar-refractivity contribution < 1.29 is 22.7 Å². The van der Waals surface area contributed by atoms with Gasteiger partial charge in [0.25, 0.3) is 0 Å². The van der Waals surface area contributed by atoms with E-state index in [1.54, 1.807) is 47.4 Å². The summed E-state index contributed by atoms with van der Waals surface area (Å²) in [5, 5.41) is 17.7. The van der Waals surface area contributed by atoms with Crippen molar-refractivity contribution in [2.24, 2.45) is 0 Å². The molecule has 0 aromatic heterocycles. The first-order valence-electron chi connectivity index (χ1n) is 11.4. The number of halogens is 3. The Bertz CT molecular complexity index is 1150. The van der Waals surface area contributed by atoms with Crippen molar-refractivity contribution >= 4 is 17.8 Å². The summed E-state index contributed by atoms with van der Waals surface area (Å²) in [4.78, 5) is 15.1. The topological polar surface area (TPSA) is 80.4 Å². The molecule has 0 saturated carbocycles. The molecule has 6 nitrogen and oxygen atoms in total. The van der Waals surface area contributed by atoms with Crippen molar-refractivity contribution in [3.63, 3.8) is 0 Å². The van der Waals surface area contributed by atoms with Gasteiger partial charge in [0.1, 0.15) is 5.75 Å². The third kappa shape index (κ3) is 10.7. The maximum atomic E-state index is 11.5. The van der Waals surface area contributed by atoms with Crippen molar-refractivity contribution in [2.45, 2.75) is 33.2 Å². The average molecular weight is 511 g/mol. The minimum atomic E-state index is -4.60. The first kappa shape index (κ1) is 30.5. The first-order chi connectivity index (χ1) is 17.7. The molecule has 0 aliphatic rings. The van der Waals surface area contributed by atoms with E-state index in [0.717, 1.165) is 17.8 Å². The molecular formula is C28H29F3N4O2. The van der Waals surface area contributed by atoms with Gasteiger partial charge in [-0.15, -0.1) is 13.2 Å². The Morgan fingerprint density at radius 3 is 1.73 bits per heavy atom. The maximum Gasteiger partial charge on any atom is 0.573 e. The molecule has 1 amide bonds. The second-order valence-electron chi connectivity index (χ2n) is 7.40. The highest BCUT2D eigenvalue weighted by atomic mass is 19.4. The fourth-order valence-corrected chi connectivity index (χ4v) is 2.99. The zero-order valence-electron chi connectivity index (χ0n) is 21.1. The number of likely N-dealkylation sites (N-methyl/N-ethyl adjacent to an activating group) is 1. The lowest BCUT2D eigenvalue weighted by Crippen LogP contribution is -2.40. The van der Waals surface area contributed by atoms with Crippen LogP contribution in [0, 0.1) is 22.7 Å². The van der Waals surface area contributed by atoms with Crippen LogP contribution in [0.5, 0.6) is 5.75 Å². The Morgan fingerprint density at radius 2 is 1.32 bits per heavy atom. The predicted molar refractivity (Wildman–Crippen MR) is 138 cm³/mol. The number of rotatable bonds is 7. The molecule has 3 rings (SSSR count). The van der Waals surface area contributed by atoms with Crippen molar-refractivity contribution in [1.29, 1.82) is 10.5 Å². The zero-order chi connectivity index (χ0) is 27.8. The predicted octanol–water partition coefficient (Wildman–Crippen LogP) is 6.53. The molecule has 0 aliphatic heterocycles. The van der Waals surface area contributed by atoms with E-state index in [1.807, 2.05) is 40.0 Å². The fourth-order valence-electron chi connectivity index (χ4n) is 2.99. The van der Waals surface area contributed by atoms with E-state index in [1.165, 1.54) is 24.3 Å². The number of nitriles is 2. The third-order valence-corrected chi connectivity index (χ3v) is 4.96. The minimum absolute atomic E-state index is 0.0683. The average Bonchev–Trinajstić information content (AvgIpc) is 2.92. The highest BCUT2D eigenvalue weighted by Crippen LogP contribution is 2.21. The van der Waals surface area contributed by atoms with Gasteiger partial charge in [0, 0.05) is 31.0 Å². The molecular weight excluding hydrogens is 481 g/mol. The molecule has 0 saturated heterocycles. The lowest BCUT2D eigenvalue weighted by atomic mass is 10.1. The number of hydrogen-bond donors (Lipinski definition) is 0. The highest BCUT2D eigenvalue weighted by Gasteiger charge is 2.30.